The molecule has 2 unspecified atom stereocenters. The Kier molecular flexibility index (Phi) is 8.21. The Morgan fingerprint density at radius 3 is 2.75 bits per heavy atom. The van der Waals surface area contributed by atoms with Gasteiger partial charge >= 0.3 is 0 Å². The number of halogens is 1. The van der Waals surface area contributed by atoms with Crippen LogP contribution in [0.4, 0.5) is 0 Å². The predicted octanol–water partition coefficient (Wildman–Crippen LogP) is 1.89. The van der Waals surface area contributed by atoms with Crippen molar-refractivity contribution in [2.45, 2.75) is 19.3 Å². The molecule has 0 radical (unpaired) electrons. The standard InChI is InChI=1S/C12H24ClNO2/c1-15-7-8-16-6-5-14-10-12-4-2-3-11(12)9-13/h11-12,14H,2-10H2,1H3. The summed E-state index contributed by atoms with van der Waals surface area (Å²) in [5.41, 5.74) is 0. The van der Waals surface area contributed by atoms with Crippen LogP contribution < -0.4 is 5.32 Å². The molecule has 3 nitrogen and oxygen atoms in total. The molecular formula is C12H24ClNO2. The lowest BCUT2D eigenvalue weighted by atomic mass is 9.98. The molecule has 1 aliphatic carbocycles. The lowest BCUT2D eigenvalue weighted by Gasteiger charge is -2.17. The number of nitrogens with one attached hydrogen (secondary N) is 1. The van der Waals surface area contributed by atoms with Crippen molar-refractivity contribution in [3.05, 3.63) is 0 Å². The first-order valence-electron chi connectivity index (χ1n) is 6.21. The van der Waals surface area contributed by atoms with Crippen LogP contribution in [0.2, 0.25) is 0 Å². The molecule has 1 aliphatic rings. The van der Waals surface area contributed by atoms with Crippen molar-refractivity contribution in [2.24, 2.45) is 11.8 Å². The molecule has 0 bridgehead atoms. The number of alkyl halides is 1. The second-order valence-electron chi connectivity index (χ2n) is 4.41. The number of rotatable bonds is 9. The summed E-state index contributed by atoms with van der Waals surface area (Å²) in [5, 5.41) is 3.44. The molecule has 96 valence electrons. The van der Waals surface area contributed by atoms with Gasteiger partial charge in [-0.3, -0.25) is 0 Å². The van der Waals surface area contributed by atoms with Gasteiger partial charge in [-0.05, 0) is 31.2 Å². The summed E-state index contributed by atoms with van der Waals surface area (Å²) < 4.78 is 10.3. The van der Waals surface area contributed by atoms with Crippen LogP contribution in [-0.2, 0) is 9.47 Å². The summed E-state index contributed by atoms with van der Waals surface area (Å²) in [6, 6.07) is 0. The van der Waals surface area contributed by atoms with Crippen LogP contribution in [0.1, 0.15) is 19.3 Å². The lowest BCUT2D eigenvalue weighted by molar-refractivity contribution is 0.0716. The zero-order chi connectivity index (χ0) is 11.6. The first-order valence-corrected chi connectivity index (χ1v) is 6.75. The molecular weight excluding hydrogens is 226 g/mol. The Hall–Kier alpha value is 0.170. The van der Waals surface area contributed by atoms with E-state index in [0.717, 1.165) is 37.4 Å². The third-order valence-electron chi connectivity index (χ3n) is 3.28. The van der Waals surface area contributed by atoms with Gasteiger partial charge in [0.25, 0.3) is 0 Å². The third kappa shape index (κ3) is 5.48. The van der Waals surface area contributed by atoms with Gasteiger partial charge in [-0.25, -0.2) is 0 Å². The number of ether oxygens (including phenoxy) is 2. The van der Waals surface area contributed by atoms with Gasteiger partial charge in [0.05, 0.1) is 19.8 Å². The van der Waals surface area contributed by atoms with Crippen molar-refractivity contribution in [2.75, 3.05) is 45.9 Å². The second-order valence-corrected chi connectivity index (χ2v) is 4.72. The SMILES string of the molecule is COCCOCCNCC1CCCC1CCl. The lowest BCUT2D eigenvalue weighted by Crippen LogP contribution is -2.29. The second kappa shape index (κ2) is 9.23. The zero-order valence-corrected chi connectivity index (χ0v) is 11.0. The maximum absolute atomic E-state index is 5.93. The van der Waals surface area contributed by atoms with Crippen molar-refractivity contribution in [3.63, 3.8) is 0 Å². The summed E-state index contributed by atoms with van der Waals surface area (Å²) in [5.74, 6) is 2.32. The summed E-state index contributed by atoms with van der Waals surface area (Å²) in [4.78, 5) is 0. The van der Waals surface area contributed by atoms with E-state index >= 15 is 0 Å². The van der Waals surface area contributed by atoms with E-state index in [9.17, 15) is 0 Å². The molecule has 4 heteroatoms. The molecule has 2 atom stereocenters. The van der Waals surface area contributed by atoms with Gasteiger partial charge in [-0.2, -0.15) is 0 Å². The van der Waals surface area contributed by atoms with E-state index in [1.165, 1.54) is 19.3 Å². The average Bonchev–Trinajstić information content (AvgIpc) is 2.75. The predicted molar refractivity (Wildman–Crippen MR) is 67.1 cm³/mol. The molecule has 0 aliphatic heterocycles. The summed E-state index contributed by atoms with van der Waals surface area (Å²) in [6.45, 7) is 4.14. The van der Waals surface area contributed by atoms with Crippen LogP contribution >= 0.6 is 11.6 Å². The summed E-state index contributed by atoms with van der Waals surface area (Å²) >= 11 is 5.93. The Bertz CT molecular complexity index is 169. The van der Waals surface area contributed by atoms with Crippen LogP contribution in [-0.4, -0.2) is 45.9 Å². The molecule has 0 aromatic rings. The van der Waals surface area contributed by atoms with Gasteiger partial charge in [0.15, 0.2) is 0 Å². The summed E-state index contributed by atoms with van der Waals surface area (Å²) in [6.07, 6.45) is 3.98. The molecule has 1 N–H and O–H groups in total. The number of hydrogen-bond acceptors (Lipinski definition) is 3. The molecule has 16 heavy (non-hydrogen) atoms. The molecule has 0 heterocycles. The Morgan fingerprint density at radius 2 is 2.00 bits per heavy atom. The maximum atomic E-state index is 5.93. The fourth-order valence-corrected chi connectivity index (χ4v) is 2.67. The van der Waals surface area contributed by atoms with E-state index < -0.39 is 0 Å². The van der Waals surface area contributed by atoms with Crippen molar-refractivity contribution in [3.8, 4) is 0 Å². The normalized spacial score (nSPS) is 25.1. The van der Waals surface area contributed by atoms with Crippen molar-refractivity contribution in [1.29, 1.82) is 0 Å². The molecule has 1 rings (SSSR count). The minimum atomic E-state index is 0.678. The smallest absolute Gasteiger partial charge is 0.0700 e. The highest BCUT2D eigenvalue weighted by Gasteiger charge is 2.25. The highest BCUT2D eigenvalue weighted by molar-refractivity contribution is 6.18. The van der Waals surface area contributed by atoms with Crippen molar-refractivity contribution < 1.29 is 9.47 Å². The van der Waals surface area contributed by atoms with E-state index in [1.807, 2.05) is 0 Å². The monoisotopic (exact) mass is 249 g/mol. The van der Waals surface area contributed by atoms with Crippen LogP contribution in [0.25, 0.3) is 0 Å². The van der Waals surface area contributed by atoms with Gasteiger partial charge in [-0.15, -0.1) is 11.6 Å². The summed E-state index contributed by atoms with van der Waals surface area (Å²) in [7, 11) is 1.69. The maximum Gasteiger partial charge on any atom is 0.0700 e. The van der Waals surface area contributed by atoms with Crippen LogP contribution in [0.5, 0.6) is 0 Å². The number of hydrogen-bond donors (Lipinski definition) is 1. The first kappa shape index (κ1) is 14.2. The average molecular weight is 250 g/mol. The zero-order valence-electron chi connectivity index (χ0n) is 10.2. The highest BCUT2D eigenvalue weighted by Crippen LogP contribution is 2.31. The van der Waals surface area contributed by atoms with E-state index in [1.54, 1.807) is 7.11 Å². The molecule has 0 aromatic heterocycles. The first-order chi connectivity index (χ1) is 7.88. The van der Waals surface area contributed by atoms with Gasteiger partial charge in [0, 0.05) is 19.5 Å². The Balaban J connectivity index is 1.90. The van der Waals surface area contributed by atoms with E-state index in [-0.39, 0.29) is 0 Å². The van der Waals surface area contributed by atoms with Gasteiger partial charge in [0.2, 0.25) is 0 Å². The number of methoxy groups -OCH3 is 1. The minimum absolute atomic E-state index is 0.678. The Morgan fingerprint density at radius 1 is 1.19 bits per heavy atom. The quantitative estimate of drug-likeness (QED) is 0.500. The van der Waals surface area contributed by atoms with Crippen LogP contribution in [0, 0.1) is 11.8 Å². The fourth-order valence-electron chi connectivity index (χ4n) is 2.26. The largest absolute Gasteiger partial charge is 0.382 e. The molecule has 0 aromatic carbocycles. The Labute approximate surface area is 104 Å². The van der Waals surface area contributed by atoms with Gasteiger partial charge in [-0.1, -0.05) is 6.42 Å². The van der Waals surface area contributed by atoms with Crippen LogP contribution in [0.3, 0.4) is 0 Å². The molecule has 0 amide bonds. The topological polar surface area (TPSA) is 30.5 Å². The van der Waals surface area contributed by atoms with E-state index in [4.69, 9.17) is 21.1 Å². The molecule has 1 saturated carbocycles. The van der Waals surface area contributed by atoms with E-state index in [0.29, 0.717) is 13.2 Å². The molecule has 1 fully saturated rings. The fraction of sp³-hybridized carbons (Fsp3) is 1.00. The van der Waals surface area contributed by atoms with Gasteiger partial charge in [0.1, 0.15) is 0 Å². The minimum Gasteiger partial charge on any atom is -0.382 e. The van der Waals surface area contributed by atoms with Crippen LogP contribution in [0.15, 0.2) is 0 Å². The van der Waals surface area contributed by atoms with Gasteiger partial charge < -0.3 is 14.8 Å². The van der Waals surface area contributed by atoms with Crippen molar-refractivity contribution >= 4 is 11.6 Å². The molecule has 0 spiro atoms. The molecule has 0 saturated heterocycles. The van der Waals surface area contributed by atoms with Crippen molar-refractivity contribution in [1.82, 2.24) is 5.32 Å². The van der Waals surface area contributed by atoms with E-state index in [2.05, 4.69) is 5.32 Å². The highest BCUT2D eigenvalue weighted by atomic mass is 35.5. The third-order valence-corrected chi connectivity index (χ3v) is 3.67.